The molecule has 0 amide bonds. The molecular weight excluding hydrogens is 230 g/mol. The van der Waals surface area contributed by atoms with Gasteiger partial charge in [-0.1, -0.05) is 19.0 Å². The molecule has 0 bridgehead atoms. The number of hydrogen-bond donors (Lipinski definition) is 2. The highest BCUT2D eigenvalue weighted by atomic mass is 32.2. The Morgan fingerprint density at radius 3 is 2.50 bits per heavy atom. The van der Waals surface area contributed by atoms with E-state index < -0.39 is 9.84 Å². The second kappa shape index (κ2) is 7.45. The lowest BCUT2D eigenvalue weighted by Crippen LogP contribution is -2.35. The van der Waals surface area contributed by atoms with E-state index in [1.165, 1.54) is 0 Å². The highest BCUT2D eigenvalue weighted by Crippen LogP contribution is 1.97. The predicted molar refractivity (Wildman–Crippen MR) is 64.5 cm³/mol. The summed E-state index contributed by atoms with van der Waals surface area (Å²) in [4.78, 5) is 1.93. The number of nitrogens with two attached hydrogens (primary N) is 1. The van der Waals surface area contributed by atoms with Crippen LogP contribution < -0.4 is 5.73 Å². The van der Waals surface area contributed by atoms with Crippen LogP contribution in [0.4, 0.5) is 0 Å². The molecule has 0 spiro atoms. The summed E-state index contributed by atoms with van der Waals surface area (Å²) in [5.74, 6) is 0.510. The third-order valence-electron chi connectivity index (χ3n) is 2.33. The molecule has 0 rings (SSSR count). The molecule has 0 aliphatic heterocycles. The van der Waals surface area contributed by atoms with Gasteiger partial charge < -0.3 is 10.9 Å². The number of hydrogen-bond acceptors (Lipinski definition) is 5. The van der Waals surface area contributed by atoms with E-state index in [0.29, 0.717) is 19.5 Å². The van der Waals surface area contributed by atoms with Crippen molar-refractivity contribution in [3.8, 4) is 0 Å². The van der Waals surface area contributed by atoms with Crippen molar-refractivity contribution in [2.45, 2.75) is 20.3 Å². The largest absolute Gasteiger partial charge is 0.409 e. The summed E-state index contributed by atoms with van der Waals surface area (Å²) in [5.41, 5.74) is 5.37. The molecule has 0 saturated carbocycles. The van der Waals surface area contributed by atoms with E-state index in [1.807, 2.05) is 11.8 Å². The van der Waals surface area contributed by atoms with Crippen molar-refractivity contribution in [2.75, 3.05) is 31.1 Å². The molecule has 0 aromatic rings. The average molecular weight is 251 g/mol. The molecule has 6 nitrogen and oxygen atoms in total. The standard InChI is InChI=1S/C9H21N3O3S/c1-3-12(8-9(10)11-13)6-5-7-16(14,15)4-2/h13H,3-8H2,1-2H3,(H2,10,11). The summed E-state index contributed by atoms with van der Waals surface area (Å²) in [6, 6.07) is 0. The molecule has 16 heavy (non-hydrogen) atoms. The lowest BCUT2D eigenvalue weighted by molar-refractivity contribution is 0.298. The number of sulfone groups is 1. The van der Waals surface area contributed by atoms with Crippen LogP contribution in [0.2, 0.25) is 0 Å². The zero-order valence-corrected chi connectivity index (χ0v) is 10.7. The van der Waals surface area contributed by atoms with Gasteiger partial charge in [0.05, 0.1) is 12.3 Å². The molecule has 96 valence electrons. The van der Waals surface area contributed by atoms with Gasteiger partial charge >= 0.3 is 0 Å². The normalized spacial score (nSPS) is 13.3. The van der Waals surface area contributed by atoms with Crippen molar-refractivity contribution in [1.29, 1.82) is 0 Å². The Bertz CT molecular complexity index is 314. The van der Waals surface area contributed by atoms with Gasteiger partial charge in [0.25, 0.3) is 0 Å². The molecule has 0 aromatic heterocycles. The van der Waals surface area contributed by atoms with Gasteiger partial charge in [0, 0.05) is 5.75 Å². The number of likely N-dealkylation sites (N-methyl/N-ethyl adjacent to an activating group) is 1. The quantitative estimate of drug-likeness (QED) is 0.271. The molecule has 0 aliphatic carbocycles. The summed E-state index contributed by atoms with van der Waals surface area (Å²) in [7, 11) is -2.89. The third-order valence-corrected chi connectivity index (χ3v) is 4.12. The highest BCUT2D eigenvalue weighted by molar-refractivity contribution is 7.91. The third kappa shape index (κ3) is 6.62. The molecular formula is C9H21N3O3S. The average Bonchev–Trinajstić information content (AvgIpc) is 2.27. The molecule has 0 heterocycles. The van der Waals surface area contributed by atoms with Gasteiger partial charge in [0.15, 0.2) is 5.84 Å². The van der Waals surface area contributed by atoms with Crippen LogP contribution in [0.25, 0.3) is 0 Å². The zero-order chi connectivity index (χ0) is 12.6. The van der Waals surface area contributed by atoms with Crippen LogP contribution in [0.5, 0.6) is 0 Å². The summed E-state index contributed by atoms with van der Waals surface area (Å²) < 4.78 is 22.5. The summed E-state index contributed by atoms with van der Waals surface area (Å²) in [6.45, 7) is 5.32. The maximum atomic E-state index is 11.2. The van der Waals surface area contributed by atoms with E-state index in [0.717, 1.165) is 6.54 Å². The Hall–Kier alpha value is -0.820. The number of rotatable bonds is 8. The van der Waals surface area contributed by atoms with E-state index in [4.69, 9.17) is 10.9 Å². The SMILES string of the molecule is CCN(CCCS(=O)(=O)CC)CC(N)=NO. The van der Waals surface area contributed by atoms with Gasteiger partial charge in [-0.05, 0) is 19.5 Å². The van der Waals surface area contributed by atoms with E-state index in [1.54, 1.807) is 6.92 Å². The number of amidine groups is 1. The minimum Gasteiger partial charge on any atom is -0.409 e. The molecule has 0 atom stereocenters. The van der Waals surface area contributed by atoms with Crippen molar-refractivity contribution in [3.63, 3.8) is 0 Å². The lowest BCUT2D eigenvalue weighted by Gasteiger charge is -2.18. The van der Waals surface area contributed by atoms with Gasteiger partial charge in [0.2, 0.25) is 0 Å². The van der Waals surface area contributed by atoms with Gasteiger partial charge in [-0.3, -0.25) is 4.90 Å². The summed E-state index contributed by atoms with van der Waals surface area (Å²) >= 11 is 0. The van der Waals surface area contributed by atoms with Crippen molar-refractivity contribution in [1.82, 2.24) is 4.90 Å². The van der Waals surface area contributed by atoms with Crippen LogP contribution in [0, 0.1) is 0 Å². The van der Waals surface area contributed by atoms with Crippen LogP contribution in [0.15, 0.2) is 5.16 Å². The second-order valence-corrected chi connectivity index (χ2v) is 6.02. The van der Waals surface area contributed by atoms with Gasteiger partial charge in [0.1, 0.15) is 9.84 Å². The molecule has 0 aromatic carbocycles. The van der Waals surface area contributed by atoms with Crippen molar-refractivity contribution in [2.24, 2.45) is 10.9 Å². The Morgan fingerprint density at radius 2 is 2.06 bits per heavy atom. The highest BCUT2D eigenvalue weighted by Gasteiger charge is 2.09. The maximum absolute atomic E-state index is 11.2. The number of oxime groups is 1. The minimum atomic E-state index is -2.89. The van der Waals surface area contributed by atoms with Crippen molar-refractivity contribution < 1.29 is 13.6 Å². The van der Waals surface area contributed by atoms with E-state index in [9.17, 15) is 8.42 Å². The first-order valence-corrected chi connectivity index (χ1v) is 7.16. The van der Waals surface area contributed by atoms with Crippen molar-refractivity contribution >= 4 is 15.7 Å². The molecule has 3 N–H and O–H groups in total. The van der Waals surface area contributed by atoms with Gasteiger partial charge in [-0.25, -0.2) is 8.42 Å². The smallest absolute Gasteiger partial charge is 0.153 e. The lowest BCUT2D eigenvalue weighted by atomic mass is 10.4. The maximum Gasteiger partial charge on any atom is 0.153 e. The zero-order valence-electron chi connectivity index (χ0n) is 9.89. The van der Waals surface area contributed by atoms with Crippen LogP contribution >= 0.6 is 0 Å². The molecule has 0 fully saturated rings. The summed E-state index contributed by atoms with van der Waals surface area (Å²) in [5, 5.41) is 11.3. The van der Waals surface area contributed by atoms with Gasteiger partial charge in [-0.2, -0.15) is 0 Å². The molecule has 0 unspecified atom stereocenters. The van der Waals surface area contributed by atoms with Crippen molar-refractivity contribution in [3.05, 3.63) is 0 Å². The topological polar surface area (TPSA) is 96.0 Å². The molecule has 0 saturated heterocycles. The molecule has 7 heteroatoms. The number of nitrogens with zero attached hydrogens (tertiary/aromatic N) is 2. The fraction of sp³-hybridized carbons (Fsp3) is 0.889. The first-order valence-electron chi connectivity index (χ1n) is 5.34. The van der Waals surface area contributed by atoms with Crippen LogP contribution in [0.1, 0.15) is 20.3 Å². The van der Waals surface area contributed by atoms with E-state index in [2.05, 4.69) is 5.16 Å². The first kappa shape index (κ1) is 15.2. The Kier molecular flexibility index (Phi) is 7.07. The van der Waals surface area contributed by atoms with Gasteiger partial charge in [-0.15, -0.1) is 0 Å². The Labute approximate surface area is 97.0 Å². The fourth-order valence-electron chi connectivity index (χ4n) is 1.26. The fourth-order valence-corrected chi connectivity index (χ4v) is 2.12. The van der Waals surface area contributed by atoms with Crippen LogP contribution in [-0.2, 0) is 9.84 Å². The van der Waals surface area contributed by atoms with Crippen LogP contribution in [-0.4, -0.2) is 55.5 Å². The minimum absolute atomic E-state index is 0.139. The van der Waals surface area contributed by atoms with E-state index in [-0.39, 0.29) is 17.3 Å². The predicted octanol–water partition coefficient (Wildman–Crippen LogP) is -0.120. The molecule has 0 radical (unpaired) electrons. The monoisotopic (exact) mass is 251 g/mol. The summed E-state index contributed by atoms with van der Waals surface area (Å²) in [6.07, 6.45) is 0.572. The van der Waals surface area contributed by atoms with Crippen LogP contribution in [0.3, 0.4) is 0 Å². The Balaban J connectivity index is 3.98. The first-order chi connectivity index (χ1) is 7.45. The van der Waals surface area contributed by atoms with E-state index >= 15 is 0 Å². The Morgan fingerprint density at radius 1 is 1.44 bits per heavy atom. The second-order valence-electron chi connectivity index (χ2n) is 3.55. The molecule has 0 aliphatic rings.